The van der Waals surface area contributed by atoms with Crippen LogP contribution in [0.4, 0.5) is 0 Å². The summed E-state index contributed by atoms with van der Waals surface area (Å²) in [6.07, 6.45) is 0. The zero-order chi connectivity index (χ0) is 14.5. The highest BCUT2D eigenvalue weighted by Crippen LogP contribution is 2.32. The van der Waals surface area contributed by atoms with E-state index in [1.807, 2.05) is 36.4 Å². The van der Waals surface area contributed by atoms with E-state index in [0.29, 0.717) is 5.02 Å². The van der Waals surface area contributed by atoms with Crippen molar-refractivity contribution in [3.8, 4) is 11.5 Å². The van der Waals surface area contributed by atoms with Gasteiger partial charge in [-0.15, -0.1) is 0 Å². The molecule has 20 heavy (non-hydrogen) atoms. The molecule has 1 unspecified atom stereocenters. The lowest BCUT2D eigenvalue weighted by atomic mass is 10.1. The van der Waals surface area contributed by atoms with Gasteiger partial charge in [-0.2, -0.15) is 0 Å². The van der Waals surface area contributed by atoms with E-state index >= 15 is 0 Å². The van der Waals surface area contributed by atoms with Crippen molar-refractivity contribution in [3.05, 3.63) is 57.5 Å². The molecule has 0 aliphatic carbocycles. The highest BCUT2D eigenvalue weighted by atomic mass is 79.9. The number of ether oxygens (including phenoxy) is 1. The number of hydrogen-bond acceptors (Lipinski definition) is 2. The van der Waals surface area contributed by atoms with Crippen LogP contribution in [0.5, 0.6) is 11.5 Å². The summed E-state index contributed by atoms with van der Waals surface area (Å²) in [7, 11) is 0. The molecule has 0 fully saturated rings. The fourth-order valence-corrected chi connectivity index (χ4v) is 2.50. The molecule has 4 heteroatoms. The van der Waals surface area contributed by atoms with E-state index in [1.54, 1.807) is 0 Å². The van der Waals surface area contributed by atoms with Crippen LogP contribution in [0.25, 0.3) is 0 Å². The third-order valence-electron chi connectivity index (χ3n) is 2.99. The van der Waals surface area contributed by atoms with Crippen LogP contribution < -0.4 is 10.1 Å². The second-order valence-corrected chi connectivity index (χ2v) is 5.87. The maximum absolute atomic E-state index is 5.97. The highest BCUT2D eigenvalue weighted by molar-refractivity contribution is 9.10. The van der Waals surface area contributed by atoms with Gasteiger partial charge in [0.25, 0.3) is 0 Å². The van der Waals surface area contributed by atoms with Gasteiger partial charge in [-0.3, -0.25) is 0 Å². The molecule has 0 bridgehead atoms. The summed E-state index contributed by atoms with van der Waals surface area (Å²) in [5.41, 5.74) is 1.12. The zero-order valence-electron chi connectivity index (χ0n) is 11.5. The zero-order valence-corrected chi connectivity index (χ0v) is 13.8. The number of halogens is 2. The van der Waals surface area contributed by atoms with Crippen LogP contribution in [0.3, 0.4) is 0 Å². The minimum absolute atomic E-state index is 0.222. The molecule has 106 valence electrons. The second kappa shape index (κ2) is 7.11. The average molecular weight is 355 g/mol. The maximum atomic E-state index is 5.97. The predicted molar refractivity (Wildman–Crippen MR) is 87.8 cm³/mol. The molecular formula is C16H17BrClNO. The topological polar surface area (TPSA) is 21.3 Å². The van der Waals surface area contributed by atoms with Crippen molar-refractivity contribution in [3.63, 3.8) is 0 Å². The average Bonchev–Trinajstić information content (AvgIpc) is 2.43. The molecule has 2 aromatic rings. The van der Waals surface area contributed by atoms with E-state index in [-0.39, 0.29) is 6.04 Å². The van der Waals surface area contributed by atoms with Gasteiger partial charge in [0.15, 0.2) is 0 Å². The lowest BCUT2D eigenvalue weighted by Crippen LogP contribution is -2.18. The molecule has 0 aliphatic heterocycles. The molecule has 0 aromatic heterocycles. The van der Waals surface area contributed by atoms with E-state index in [1.165, 1.54) is 0 Å². The van der Waals surface area contributed by atoms with E-state index in [4.69, 9.17) is 16.3 Å². The van der Waals surface area contributed by atoms with Crippen LogP contribution in [-0.4, -0.2) is 6.54 Å². The summed E-state index contributed by atoms with van der Waals surface area (Å²) in [4.78, 5) is 0. The van der Waals surface area contributed by atoms with Gasteiger partial charge in [-0.05, 0) is 55.9 Å². The first kappa shape index (κ1) is 15.4. The van der Waals surface area contributed by atoms with Crippen molar-refractivity contribution < 1.29 is 4.74 Å². The third-order valence-corrected chi connectivity index (χ3v) is 3.74. The number of hydrogen-bond donors (Lipinski definition) is 1. The molecule has 1 atom stereocenters. The van der Waals surface area contributed by atoms with Gasteiger partial charge in [-0.1, -0.05) is 34.5 Å². The van der Waals surface area contributed by atoms with Crippen molar-refractivity contribution in [2.75, 3.05) is 6.54 Å². The Morgan fingerprint density at radius 2 is 1.90 bits per heavy atom. The molecule has 2 aromatic carbocycles. The van der Waals surface area contributed by atoms with Crippen LogP contribution in [-0.2, 0) is 0 Å². The Balaban J connectivity index is 2.28. The minimum atomic E-state index is 0.222. The van der Waals surface area contributed by atoms with Gasteiger partial charge >= 0.3 is 0 Å². The Kier molecular flexibility index (Phi) is 5.46. The highest BCUT2D eigenvalue weighted by Gasteiger charge is 2.12. The van der Waals surface area contributed by atoms with Crippen molar-refractivity contribution in [1.29, 1.82) is 0 Å². The van der Waals surface area contributed by atoms with Gasteiger partial charge in [0, 0.05) is 21.1 Å². The largest absolute Gasteiger partial charge is 0.457 e. The fraction of sp³-hybridized carbons (Fsp3) is 0.250. The first-order valence-electron chi connectivity index (χ1n) is 6.56. The van der Waals surface area contributed by atoms with Crippen LogP contribution >= 0.6 is 27.5 Å². The van der Waals surface area contributed by atoms with Crippen LogP contribution in [0, 0.1) is 0 Å². The quantitative estimate of drug-likeness (QED) is 0.758. The first-order chi connectivity index (χ1) is 9.60. The molecule has 0 heterocycles. The Labute approximate surface area is 133 Å². The van der Waals surface area contributed by atoms with Crippen molar-refractivity contribution in [2.24, 2.45) is 0 Å². The van der Waals surface area contributed by atoms with Gasteiger partial charge in [0.1, 0.15) is 11.5 Å². The second-order valence-electron chi connectivity index (χ2n) is 4.52. The number of nitrogens with one attached hydrogen (secondary N) is 1. The SMILES string of the molecule is CCNC(C)c1cc(Br)ccc1Oc1ccc(Cl)cc1. The van der Waals surface area contributed by atoms with E-state index in [0.717, 1.165) is 28.1 Å². The fourth-order valence-electron chi connectivity index (χ4n) is 2.00. The number of benzene rings is 2. The summed E-state index contributed by atoms with van der Waals surface area (Å²) in [5, 5.41) is 4.11. The maximum Gasteiger partial charge on any atom is 0.132 e. The first-order valence-corrected chi connectivity index (χ1v) is 7.73. The smallest absolute Gasteiger partial charge is 0.132 e. The molecule has 0 radical (unpaired) electrons. The summed E-state index contributed by atoms with van der Waals surface area (Å²) in [6.45, 7) is 5.13. The van der Waals surface area contributed by atoms with Gasteiger partial charge in [0.2, 0.25) is 0 Å². The lowest BCUT2D eigenvalue weighted by Gasteiger charge is -2.18. The van der Waals surface area contributed by atoms with E-state index in [9.17, 15) is 0 Å². The molecule has 2 rings (SSSR count). The van der Waals surface area contributed by atoms with Gasteiger partial charge < -0.3 is 10.1 Å². The Morgan fingerprint density at radius 3 is 2.55 bits per heavy atom. The van der Waals surface area contributed by atoms with Gasteiger partial charge in [-0.25, -0.2) is 0 Å². The van der Waals surface area contributed by atoms with Crippen LogP contribution in [0.15, 0.2) is 46.9 Å². The normalized spacial score (nSPS) is 12.2. The van der Waals surface area contributed by atoms with E-state index < -0.39 is 0 Å². The van der Waals surface area contributed by atoms with Crippen molar-refractivity contribution in [2.45, 2.75) is 19.9 Å². The summed E-state index contributed by atoms with van der Waals surface area (Å²) < 4.78 is 7.01. The number of rotatable bonds is 5. The predicted octanol–water partition coefficient (Wildman–Crippen LogP) is 5.57. The molecule has 1 N–H and O–H groups in total. The Hall–Kier alpha value is -1.03. The standard InChI is InChI=1S/C16H17BrClNO/c1-3-19-11(2)15-10-12(17)4-9-16(15)20-14-7-5-13(18)6-8-14/h4-11,19H,3H2,1-2H3. The van der Waals surface area contributed by atoms with Crippen molar-refractivity contribution >= 4 is 27.5 Å². The monoisotopic (exact) mass is 353 g/mol. The van der Waals surface area contributed by atoms with Crippen LogP contribution in [0.1, 0.15) is 25.5 Å². The molecule has 0 aliphatic rings. The molecule has 0 saturated carbocycles. The van der Waals surface area contributed by atoms with Crippen molar-refractivity contribution in [1.82, 2.24) is 5.32 Å². The lowest BCUT2D eigenvalue weighted by molar-refractivity contribution is 0.463. The molecule has 2 nitrogen and oxygen atoms in total. The van der Waals surface area contributed by atoms with Gasteiger partial charge in [0.05, 0.1) is 0 Å². The van der Waals surface area contributed by atoms with E-state index in [2.05, 4.69) is 41.2 Å². The molecular weight excluding hydrogens is 338 g/mol. The minimum Gasteiger partial charge on any atom is -0.457 e. The third kappa shape index (κ3) is 3.98. The summed E-state index contributed by atoms with van der Waals surface area (Å²) in [5.74, 6) is 1.63. The molecule has 0 spiro atoms. The Morgan fingerprint density at radius 1 is 1.20 bits per heavy atom. The Bertz CT molecular complexity index is 571. The summed E-state index contributed by atoms with van der Waals surface area (Å²) in [6, 6.07) is 13.6. The summed E-state index contributed by atoms with van der Waals surface area (Å²) >= 11 is 9.40. The molecule has 0 amide bonds. The van der Waals surface area contributed by atoms with Crippen LogP contribution in [0.2, 0.25) is 5.02 Å². The molecule has 0 saturated heterocycles.